The first kappa shape index (κ1) is 16.1. The highest BCUT2D eigenvalue weighted by molar-refractivity contribution is 7.09. The van der Waals surface area contributed by atoms with E-state index in [-0.39, 0.29) is 12.5 Å². The van der Waals surface area contributed by atoms with Crippen LogP contribution in [-0.4, -0.2) is 35.8 Å². The lowest BCUT2D eigenvalue weighted by atomic mass is 10.2. The third-order valence-electron chi connectivity index (χ3n) is 3.52. The Morgan fingerprint density at radius 2 is 2.12 bits per heavy atom. The van der Waals surface area contributed by atoms with E-state index in [0.717, 1.165) is 4.88 Å². The Hall–Kier alpha value is -3.40. The van der Waals surface area contributed by atoms with Crippen LogP contribution >= 0.6 is 11.3 Å². The van der Waals surface area contributed by atoms with Crippen LogP contribution in [0, 0.1) is 0 Å². The van der Waals surface area contributed by atoms with Crippen molar-refractivity contribution in [3.05, 3.63) is 70.7 Å². The van der Waals surface area contributed by atoms with Gasteiger partial charge >= 0.3 is 0 Å². The van der Waals surface area contributed by atoms with Gasteiger partial charge in [0, 0.05) is 11.1 Å². The van der Waals surface area contributed by atoms with Crippen LogP contribution in [0.3, 0.4) is 0 Å². The summed E-state index contributed by atoms with van der Waals surface area (Å²) >= 11 is 1.63. The molecular weight excluding hydrogens is 354 g/mol. The molecule has 130 valence electrons. The van der Waals surface area contributed by atoms with Crippen LogP contribution in [0.4, 0.5) is 0 Å². The van der Waals surface area contributed by atoms with E-state index in [1.54, 1.807) is 28.0 Å². The van der Waals surface area contributed by atoms with E-state index < -0.39 is 0 Å². The number of aromatic nitrogens is 6. The predicted octanol–water partition coefficient (Wildman–Crippen LogP) is 1.63. The van der Waals surface area contributed by atoms with Crippen molar-refractivity contribution in [1.82, 2.24) is 35.2 Å². The van der Waals surface area contributed by atoms with Gasteiger partial charge in [-0.1, -0.05) is 11.2 Å². The molecule has 0 aliphatic rings. The van der Waals surface area contributed by atoms with E-state index in [4.69, 9.17) is 4.52 Å². The molecule has 0 aromatic carbocycles. The lowest BCUT2D eigenvalue weighted by molar-refractivity contribution is 0.0949. The molecule has 0 bridgehead atoms. The third-order valence-corrected chi connectivity index (χ3v) is 4.39. The summed E-state index contributed by atoms with van der Waals surface area (Å²) in [6.45, 7) is 0.181. The highest BCUT2D eigenvalue weighted by atomic mass is 32.1. The minimum Gasteiger partial charge on any atom is -0.345 e. The first-order chi connectivity index (χ1) is 12.8. The molecule has 0 unspecified atom stereocenters. The lowest BCUT2D eigenvalue weighted by Crippen LogP contribution is -2.23. The zero-order chi connectivity index (χ0) is 17.8. The Bertz CT molecular complexity index is 978. The summed E-state index contributed by atoms with van der Waals surface area (Å²) in [5.74, 6) is 1.32. The normalized spacial score (nSPS) is 10.8. The molecule has 0 radical (unpaired) electrons. The number of carbonyl (C=O) groups excluding carboxylic acids is 1. The molecule has 4 aromatic heterocycles. The van der Waals surface area contributed by atoms with Crippen molar-refractivity contribution in [3.8, 4) is 5.82 Å². The Kier molecular flexibility index (Phi) is 4.48. The summed E-state index contributed by atoms with van der Waals surface area (Å²) in [6.07, 6.45) is 5.15. The predicted molar refractivity (Wildman–Crippen MR) is 91.7 cm³/mol. The summed E-state index contributed by atoms with van der Waals surface area (Å²) < 4.78 is 6.85. The second-order valence-corrected chi connectivity index (χ2v) is 6.35. The molecule has 0 atom stereocenters. The molecule has 0 saturated heterocycles. The molecule has 0 spiro atoms. The number of nitrogens with one attached hydrogen (secondary N) is 1. The molecule has 4 heterocycles. The second kappa shape index (κ2) is 7.23. The van der Waals surface area contributed by atoms with Crippen LogP contribution < -0.4 is 5.32 Å². The maximum atomic E-state index is 12.2. The maximum absolute atomic E-state index is 12.2. The van der Waals surface area contributed by atoms with Gasteiger partial charge in [-0.15, -0.1) is 21.5 Å². The number of pyridine rings is 1. The largest absolute Gasteiger partial charge is 0.345 e. The monoisotopic (exact) mass is 367 g/mol. The van der Waals surface area contributed by atoms with Crippen molar-refractivity contribution in [3.63, 3.8) is 0 Å². The van der Waals surface area contributed by atoms with E-state index >= 15 is 0 Å². The van der Waals surface area contributed by atoms with Crippen molar-refractivity contribution >= 4 is 17.2 Å². The molecular formula is C16H13N7O2S. The third kappa shape index (κ3) is 3.64. The summed E-state index contributed by atoms with van der Waals surface area (Å²) in [7, 11) is 0. The van der Waals surface area contributed by atoms with Crippen LogP contribution in [0.5, 0.6) is 0 Å². The molecule has 1 N–H and O–H groups in total. The first-order valence-corrected chi connectivity index (χ1v) is 8.59. The number of thiophene rings is 1. The quantitative estimate of drug-likeness (QED) is 0.551. The van der Waals surface area contributed by atoms with Crippen molar-refractivity contribution < 1.29 is 9.32 Å². The van der Waals surface area contributed by atoms with E-state index in [2.05, 4.69) is 30.6 Å². The summed E-state index contributed by atoms with van der Waals surface area (Å²) in [4.78, 5) is 21.9. The zero-order valence-corrected chi connectivity index (χ0v) is 14.3. The van der Waals surface area contributed by atoms with Gasteiger partial charge in [0.25, 0.3) is 5.91 Å². The van der Waals surface area contributed by atoms with Crippen LogP contribution in [0.25, 0.3) is 5.82 Å². The van der Waals surface area contributed by atoms with E-state index in [1.807, 2.05) is 17.5 Å². The average Bonchev–Trinajstić information content (AvgIpc) is 3.43. The molecule has 0 saturated carbocycles. The molecule has 10 heteroatoms. The van der Waals surface area contributed by atoms with E-state index in [1.165, 1.54) is 18.9 Å². The molecule has 26 heavy (non-hydrogen) atoms. The maximum Gasteiger partial charge on any atom is 0.253 e. The van der Waals surface area contributed by atoms with Crippen molar-refractivity contribution in [2.24, 2.45) is 0 Å². The van der Waals surface area contributed by atoms with E-state index in [9.17, 15) is 4.79 Å². The molecule has 4 rings (SSSR count). The van der Waals surface area contributed by atoms with Gasteiger partial charge in [0.15, 0.2) is 5.82 Å². The van der Waals surface area contributed by atoms with Crippen LogP contribution in [0.2, 0.25) is 0 Å². The van der Waals surface area contributed by atoms with Gasteiger partial charge in [-0.05, 0) is 23.6 Å². The van der Waals surface area contributed by atoms with Crippen LogP contribution in [-0.2, 0) is 13.0 Å². The van der Waals surface area contributed by atoms with E-state index in [0.29, 0.717) is 29.5 Å². The number of carbonyl (C=O) groups is 1. The van der Waals surface area contributed by atoms with Gasteiger partial charge in [0.1, 0.15) is 18.5 Å². The SMILES string of the molecule is O=C(NCc1noc(Cc2cccs2)n1)c1ccc(-n2cnnc2)nc1. The minimum atomic E-state index is -0.266. The van der Waals surface area contributed by atoms with Gasteiger partial charge < -0.3 is 9.84 Å². The molecule has 1 amide bonds. The summed E-state index contributed by atoms with van der Waals surface area (Å²) in [6, 6.07) is 7.37. The smallest absolute Gasteiger partial charge is 0.253 e. The summed E-state index contributed by atoms with van der Waals surface area (Å²) in [5, 5.41) is 16.1. The fraction of sp³-hybridized carbons (Fsp3) is 0.125. The van der Waals surface area contributed by atoms with Crippen molar-refractivity contribution in [2.75, 3.05) is 0 Å². The number of hydrogen-bond acceptors (Lipinski definition) is 8. The second-order valence-electron chi connectivity index (χ2n) is 5.32. The highest BCUT2D eigenvalue weighted by Gasteiger charge is 2.11. The van der Waals surface area contributed by atoms with Gasteiger partial charge in [-0.25, -0.2) is 4.98 Å². The van der Waals surface area contributed by atoms with Gasteiger partial charge in [-0.3, -0.25) is 9.36 Å². The molecule has 0 aliphatic heterocycles. The minimum absolute atomic E-state index is 0.181. The highest BCUT2D eigenvalue weighted by Crippen LogP contribution is 2.13. The van der Waals surface area contributed by atoms with Crippen molar-refractivity contribution in [1.29, 1.82) is 0 Å². The molecule has 0 fully saturated rings. The van der Waals surface area contributed by atoms with Crippen LogP contribution in [0.15, 0.2) is 53.0 Å². The Labute approximate surface area is 151 Å². The zero-order valence-electron chi connectivity index (χ0n) is 13.4. The molecule has 4 aromatic rings. The Morgan fingerprint density at radius 3 is 2.85 bits per heavy atom. The topological polar surface area (TPSA) is 112 Å². The molecule has 9 nitrogen and oxygen atoms in total. The Balaban J connectivity index is 1.34. The fourth-order valence-electron chi connectivity index (χ4n) is 2.25. The Morgan fingerprint density at radius 1 is 1.23 bits per heavy atom. The number of hydrogen-bond donors (Lipinski definition) is 1. The van der Waals surface area contributed by atoms with Gasteiger partial charge in [0.05, 0.1) is 18.5 Å². The van der Waals surface area contributed by atoms with Crippen molar-refractivity contribution in [2.45, 2.75) is 13.0 Å². The van der Waals surface area contributed by atoms with Gasteiger partial charge in [-0.2, -0.15) is 4.98 Å². The number of amides is 1. The fourth-order valence-corrected chi connectivity index (χ4v) is 2.95. The lowest BCUT2D eigenvalue weighted by Gasteiger charge is -2.04. The summed E-state index contributed by atoms with van der Waals surface area (Å²) in [5.41, 5.74) is 0.434. The number of nitrogens with zero attached hydrogens (tertiary/aromatic N) is 6. The average molecular weight is 367 g/mol. The standard InChI is InChI=1S/C16H13N7O2S/c24-16(11-3-4-14(17-7-11)23-9-19-20-10-23)18-8-13-21-15(25-22-13)6-12-2-1-5-26-12/h1-5,7,9-10H,6,8H2,(H,18,24). The van der Waals surface area contributed by atoms with Gasteiger partial charge in [0.2, 0.25) is 5.89 Å². The first-order valence-electron chi connectivity index (χ1n) is 7.71. The van der Waals surface area contributed by atoms with Crippen LogP contribution in [0.1, 0.15) is 27.0 Å². The number of rotatable bonds is 6. The molecule has 0 aliphatic carbocycles.